The van der Waals surface area contributed by atoms with Gasteiger partial charge >= 0.3 is 0 Å². The van der Waals surface area contributed by atoms with E-state index in [1.807, 2.05) is 24.3 Å². The summed E-state index contributed by atoms with van der Waals surface area (Å²) in [5, 5.41) is 5.06. The molecule has 1 aliphatic rings. The first-order chi connectivity index (χ1) is 27.8. The van der Waals surface area contributed by atoms with Gasteiger partial charge in [-0.1, -0.05) is 182 Å². The Morgan fingerprint density at radius 1 is 0.250 bits per heavy atom. The Morgan fingerprint density at radius 2 is 0.750 bits per heavy atom. The largest absolute Gasteiger partial charge is 0.228 e. The maximum Gasteiger partial charge on any atom is 0.160 e. The monoisotopic (exact) mass is 710 g/mol. The molecule has 0 fully saturated rings. The van der Waals surface area contributed by atoms with Crippen molar-refractivity contribution >= 4 is 21.5 Å². The van der Waals surface area contributed by atoms with Crippen molar-refractivity contribution in [3.8, 4) is 89.5 Å². The summed E-state index contributed by atoms with van der Waals surface area (Å²) in [6, 6.07) is 74.1. The van der Waals surface area contributed by atoms with Crippen molar-refractivity contribution in [1.29, 1.82) is 0 Å². The molecule has 260 valence electrons. The van der Waals surface area contributed by atoms with Crippen LogP contribution in [0.25, 0.3) is 111 Å². The van der Waals surface area contributed by atoms with E-state index in [0.717, 1.165) is 39.2 Å². The van der Waals surface area contributed by atoms with Crippen LogP contribution in [-0.2, 0) is 0 Å². The molecule has 0 aliphatic heterocycles. The summed E-state index contributed by atoms with van der Waals surface area (Å²) >= 11 is 0. The van der Waals surface area contributed by atoms with Crippen LogP contribution < -0.4 is 0 Å². The first kappa shape index (κ1) is 32.0. The Bertz CT molecular complexity index is 3040. The molecule has 0 amide bonds. The third kappa shape index (κ3) is 5.34. The molecular weight excluding hydrogens is 677 g/mol. The minimum atomic E-state index is 0.712. The fraction of sp³-hybridized carbons (Fsp3) is 0. The van der Waals surface area contributed by atoms with E-state index in [-0.39, 0.29) is 0 Å². The lowest BCUT2D eigenvalue weighted by Crippen LogP contribution is -1.96. The smallest absolute Gasteiger partial charge is 0.160 e. The second kappa shape index (κ2) is 13.2. The van der Waals surface area contributed by atoms with E-state index < -0.39 is 0 Å². The maximum absolute atomic E-state index is 5.14. The van der Waals surface area contributed by atoms with E-state index in [1.165, 1.54) is 66.1 Å². The van der Waals surface area contributed by atoms with Gasteiger partial charge in [-0.2, -0.15) is 0 Å². The number of benzene rings is 9. The topological polar surface area (TPSA) is 25.8 Å². The third-order valence-corrected chi connectivity index (χ3v) is 11.2. The number of fused-ring (bicyclic) bond motifs is 4. The van der Waals surface area contributed by atoms with Crippen LogP contribution >= 0.6 is 0 Å². The van der Waals surface area contributed by atoms with Crippen molar-refractivity contribution in [2.75, 3.05) is 0 Å². The van der Waals surface area contributed by atoms with Gasteiger partial charge in [-0.15, -0.1) is 0 Å². The number of aromatic nitrogens is 2. The van der Waals surface area contributed by atoms with Crippen LogP contribution in [0.5, 0.6) is 0 Å². The predicted octanol–water partition coefficient (Wildman–Crippen LogP) is 14.4. The molecule has 2 nitrogen and oxygen atoms in total. The van der Waals surface area contributed by atoms with Gasteiger partial charge in [0.25, 0.3) is 0 Å². The van der Waals surface area contributed by atoms with Crippen molar-refractivity contribution in [1.82, 2.24) is 9.97 Å². The van der Waals surface area contributed by atoms with Crippen molar-refractivity contribution in [2.24, 2.45) is 0 Å². The standard InChI is InChI=1S/C54H34N2/c1-3-15-35(16-4-1)51-34-52(56-54(55-51)36-17-5-2-6-18-36)39-21-13-20-37(31-39)40-32-38-19-7-8-22-41(38)50(33-40)45-26-12-9-23-42(45)46-29-30-49-44-25-11-10-24-43(44)47-27-14-28-48(46)53(47)49/h1-34H. The highest BCUT2D eigenvalue weighted by atomic mass is 14.9. The minimum absolute atomic E-state index is 0.712. The first-order valence-corrected chi connectivity index (χ1v) is 19.2. The molecule has 1 aliphatic carbocycles. The summed E-state index contributed by atoms with van der Waals surface area (Å²) in [4.78, 5) is 10.2. The summed E-state index contributed by atoms with van der Waals surface area (Å²) in [7, 11) is 0. The molecule has 0 radical (unpaired) electrons. The van der Waals surface area contributed by atoms with Crippen molar-refractivity contribution in [2.45, 2.75) is 0 Å². The third-order valence-electron chi connectivity index (χ3n) is 11.2. The number of hydrogen-bond donors (Lipinski definition) is 0. The van der Waals surface area contributed by atoms with Gasteiger partial charge in [-0.05, 0) is 101 Å². The normalized spacial score (nSPS) is 11.6. The summed E-state index contributed by atoms with van der Waals surface area (Å²) in [5.41, 5.74) is 17.3. The summed E-state index contributed by atoms with van der Waals surface area (Å²) in [6.07, 6.45) is 0. The molecule has 1 aromatic heterocycles. The van der Waals surface area contributed by atoms with Crippen LogP contribution in [0.2, 0.25) is 0 Å². The molecule has 56 heavy (non-hydrogen) atoms. The van der Waals surface area contributed by atoms with Gasteiger partial charge in [0.1, 0.15) is 0 Å². The lowest BCUT2D eigenvalue weighted by atomic mass is 9.86. The maximum atomic E-state index is 5.14. The molecule has 0 saturated heterocycles. The Morgan fingerprint density at radius 3 is 1.50 bits per heavy atom. The van der Waals surface area contributed by atoms with Crippen molar-refractivity contribution in [3.63, 3.8) is 0 Å². The highest BCUT2D eigenvalue weighted by Crippen LogP contribution is 2.50. The lowest BCUT2D eigenvalue weighted by molar-refractivity contribution is 1.18. The Hall–Kier alpha value is -7.42. The molecule has 0 bridgehead atoms. The lowest BCUT2D eigenvalue weighted by Gasteiger charge is -2.17. The molecule has 10 aromatic rings. The number of hydrogen-bond acceptors (Lipinski definition) is 2. The van der Waals surface area contributed by atoms with Crippen LogP contribution in [-0.4, -0.2) is 9.97 Å². The number of nitrogens with zero attached hydrogens (tertiary/aromatic N) is 2. The highest BCUT2D eigenvalue weighted by molar-refractivity contribution is 6.19. The number of rotatable bonds is 6. The van der Waals surface area contributed by atoms with E-state index in [0.29, 0.717) is 5.82 Å². The molecule has 0 saturated carbocycles. The Kier molecular flexibility index (Phi) is 7.53. The van der Waals surface area contributed by atoms with Gasteiger partial charge in [0.2, 0.25) is 0 Å². The second-order valence-corrected chi connectivity index (χ2v) is 14.5. The van der Waals surface area contributed by atoms with Gasteiger partial charge in [-0.25, -0.2) is 9.97 Å². The Balaban J connectivity index is 1.07. The van der Waals surface area contributed by atoms with Crippen LogP contribution in [0.1, 0.15) is 0 Å². The molecule has 2 heteroatoms. The molecule has 11 rings (SSSR count). The fourth-order valence-corrected chi connectivity index (χ4v) is 8.62. The van der Waals surface area contributed by atoms with E-state index in [4.69, 9.17) is 9.97 Å². The average Bonchev–Trinajstić information content (AvgIpc) is 3.61. The fourth-order valence-electron chi connectivity index (χ4n) is 8.62. The zero-order chi connectivity index (χ0) is 37.0. The molecule has 0 atom stereocenters. The summed E-state index contributed by atoms with van der Waals surface area (Å²) < 4.78 is 0. The van der Waals surface area contributed by atoms with E-state index in [9.17, 15) is 0 Å². The SMILES string of the molecule is c1ccc(-c2cc(-c3cccc(-c4cc(-c5ccccc5-c5ccc6c7c(cccc57)-c5ccccc5-6)c5ccccc5c4)c3)nc(-c3ccccc3)n2)cc1. The van der Waals surface area contributed by atoms with Gasteiger partial charge < -0.3 is 0 Å². The highest BCUT2D eigenvalue weighted by Gasteiger charge is 2.23. The average molecular weight is 711 g/mol. The quantitative estimate of drug-likeness (QED) is 0.172. The molecule has 1 heterocycles. The van der Waals surface area contributed by atoms with Crippen LogP contribution in [0.15, 0.2) is 206 Å². The summed E-state index contributed by atoms with van der Waals surface area (Å²) in [6.45, 7) is 0. The van der Waals surface area contributed by atoms with E-state index >= 15 is 0 Å². The van der Waals surface area contributed by atoms with Crippen LogP contribution in [0.3, 0.4) is 0 Å². The van der Waals surface area contributed by atoms with Gasteiger partial charge in [0.15, 0.2) is 5.82 Å². The van der Waals surface area contributed by atoms with Gasteiger partial charge in [0.05, 0.1) is 11.4 Å². The second-order valence-electron chi connectivity index (χ2n) is 14.5. The minimum Gasteiger partial charge on any atom is -0.228 e. The van der Waals surface area contributed by atoms with Crippen molar-refractivity contribution in [3.05, 3.63) is 206 Å². The van der Waals surface area contributed by atoms with Gasteiger partial charge in [-0.3, -0.25) is 0 Å². The zero-order valence-electron chi connectivity index (χ0n) is 30.5. The van der Waals surface area contributed by atoms with Crippen LogP contribution in [0, 0.1) is 0 Å². The predicted molar refractivity (Wildman–Crippen MR) is 234 cm³/mol. The molecule has 9 aromatic carbocycles. The molecular formula is C54H34N2. The molecule has 0 spiro atoms. The molecule has 0 N–H and O–H groups in total. The molecule has 0 unspecified atom stereocenters. The summed E-state index contributed by atoms with van der Waals surface area (Å²) in [5.74, 6) is 0.712. The Labute approximate surface area is 326 Å². The van der Waals surface area contributed by atoms with E-state index in [2.05, 4.69) is 182 Å². The van der Waals surface area contributed by atoms with Crippen molar-refractivity contribution < 1.29 is 0 Å². The first-order valence-electron chi connectivity index (χ1n) is 19.2. The van der Waals surface area contributed by atoms with E-state index in [1.54, 1.807) is 0 Å². The van der Waals surface area contributed by atoms with Gasteiger partial charge in [0, 0.05) is 16.7 Å². The zero-order valence-corrected chi connectivity index (χ0v) is 30.5. The van der Waals surface area contributed by atoms with Crippen LogP contribution in [0.4, 0.5) is 0 Å².